The fourth-order valence-electron chi connectivity index (χ4n) is 3.74. The third-order valence-electron chi connectivity index (χ3n) is 5.24. The Morgan fingerprint density at radius 1 is 1.08 bits per heavy atom. The Labute approximate surface area is 141 Å². The molecule has 1 aliphatic carbocycles. The van der Waals surface area contributed by atoms with Crippen molar-refractivity contribution >= 4 is 11.9 Å². The number of carboxylic acid groups (broad SMARTS) is 1. The van der Waals surface area contributed by atoms with Gasteiger partial charge in [0.25, 0.3) is 0 Å². The first kappa shape index (κ1) is 16.6. The van der Waals surface area contributed by atoms with Gasteiger partial charge in [0, 0.05) is 6.54 Å². The van der Waals surface area contributed by atoms with Crippen LogP contribution in [0.4, 0.5) is 0 Å². The van der Waals surface area contributed by atoms with Crippen LogP contribution in [0.5, 0.6) is 11.5 Å². The van der Waals surface area contributed by atoms with E-state index in [-0.39, 0.29) is 17.9 Å². The van der Waals surface area contributed by atoms with Crippen LogP contribution in [0.25, 0.3) is 0 Å². The second-order valence-corrected chi connectivity index (χ2v) is 6.43. The summed E-state index contributed by atoms with van der Waals surface area (Å²) in [5.41, 5.74) is 1.00. The van der Waals surface area contributed by atoms with E-state index in [1.165, 1.54) is 0 Å². The molecule has 1 aromatic carbocycles. The Bertz CT molecular complexity index is 644. The molecule has 3 atom stereocenters. The molecule has 1 aliphatic heterocycles. The molecule has 1 saturated heterocycles. The van der Waals surface area contributed by atoms with Gasteiger partial charge in [0.2, 0.25) is 5.91 Å². The molecule has 0 aromatic heterocycles. The fourth-order valence-corrected chi connectivity index (χ4v) is 3.74. The average molecular weight is 333 g/mol. The van der Waals surface area contributed by atoms with E-state index >= 15 is 0 Å². The number of hydrogen-bond acceptors (Lipinski definition) is 4. The first-order chi connectivity index (χ1) is 11.6. The Balaban J connectivity index is 1.81. The monoisotopic (exact) mass is 333 g/mol. The van der Waals surface area contributed by atoms with Gasteiger partial charge in [-0.25, -0.2) is 0 Å². The number of benzene rings is 1. The van der Waals surface area contributed by atoms with Crippen molar-refractivity contribution in [3.05, 3.63) is 23.8 Å². The van der Waals surface area contributed by atoms with Crippen molar-refractivity contribution in [2.45, 2.75) is 31.7 Å². The minimum atomic E-state index is -0.860. The molecule has 0 radical (unpaired) electrons. The molecule has 0 bridgehead atoms. The van der Waals surface area contributed by atoms with Crippen molar-refractivity contribution in [2.24, 2.45) is 11.8 Å². The van der Waals surface area contributed by atoms with Crippen LogP contribution >= 0.6 is 0 Å². The first-order valence-electron chi connectivity index (χ1n) is 8.32. The predicted octanol–water partition coefficient (Wildman–Crippen LogP) is 2.48. The van der Waals surface area contributed by atoms with Gasteiger partial charge in [-0.05, 0) is 43.4 Å². The quantitative estimate of drug-likeness (QED) is 0.896. The van der Waals surface area contributed by atoms with E-state index in [0.717, 1.165) is 18.4 Å². The highest BCUT2D eigenvalue weighted by atomic mass is 16.5. The normalized spacial score (nSPS) is 25.9. The van der Waals surface area contributed by atoms with Crippen molar-refractivity contribution in [1.29, 1.82) is 0 Å². The Kier molecular flexibility index (Phi) is 4.64. The van der Waals surface area contributed by atoms with Gasteiger partial charge in [0.1, 0.15) is 0 Å². The van der Waals surface area contributed by atoms with Gasteiger partial charge in [-0.2, -0.15) is 0 Å². The van der Waals surface area contributed by atoms with E-state index in [1.54, 1.807) is 14.2 Å². The van der Waals surface area contributed by atoms with Crippen LogP contribution < -0.4 is 9.47 Å². The van der Waals surface area contributed by atoms with Crippen LogP contribution in [-0.2, 0) is 9.59 Å². The van der Waals surface area contributed by atoms with E-state index in [1.807, 2.05) is 23.1 Å². The molecular weight excluding hydrogens is 310 g/mol. The number of rotatable bonds is 5. The number of likely N-dealkylation sites (tertiary alicyclic amines) is 1. The maximum atomic E-state index is 12.8. The van der Waals surface area contributed by atoms with Crippen LogP contribution in [-0.4, -0.2) is 42.6 Å². The summed E-state index contributed by atoms with van der Waals surface area (Å²) >= 11 is 0. The molecule has 6 nitrogen and oxygen atoms in total. The molecular formula is C18H23NO5. The standard InChI is InChI=1S/C18H23NO5/c1-23-15-8-5-11(10-16(15)24-2)14-4-3-9-19(14)17(20)12-6-7-13(12)18(21)22/h5,8,10,12-14H,3-4,6-7,9H2,1-2H3,(H,21,22). The van der Waals surface area contributed by atoms with Gasteiger partial charge >= 0.3 is 5.97 Å². The van der Waals surface area contributed by atoms with E-state index in [4.69, 9.17) is 9.47 Å². The average Bonchev–Trinajstić information content (AvgIpc) is 3.02. The maximum Gasteiger partial charge on any atom is 0.307 e. The van der Waals surface area contributed by atoms with Crippen LogP contribution in [0.3, 0.4) is 0 Å². The summed E-state index contributed by atoms with van der Waals surface area (Å²) in [6, 6.07) is 5.68. The SMILES string of the molecule is COc1ccc(C2CCCN2C(=O)C2CCC2C(=O)O)cc1OC. The van der Waals surface area contributed by atoms with Gasteiger partial charge in [-0.3, -0.25) is 9.59 Å². The number of carbonyl (C=O) groups is 2. The highest BCUT2D eigenvalue weighted by Gasteiger charge is 2.45. The number of aliphatic carboxylic acids is 1. The summed E-state index contributed by atoms with van der Waals surface area (Å²) in [5.74, 6) is -0.483. The molecule has 1 aromatic rings. The Hall–Kier alpha value is -2.24. The number of hydrogen-bond donors (Lipinski definition) is 1. The number of carbonyl (C=O) groups excluding carboxylic acids is 1. The highest BCUT2D eigenvalue weighted by molar-refractivity contribution is 5.86. The molecule has 0 spiro atoms. The molecule has 3 rings (SSSR count). The van der Waals surface area contributed by atoms with Crippen LogP contribution in [0.2, 0.25) is 0 Å². The minimum absolute atomic E-state index is 0.0210. The molecule has 130 valence electrons. The van der Waals surface area contributed by atoms with Gasteiger partial charge in [-0.15, -0.1) is 0 Å². The van der Waals surface area contributed by atoms with Gasteiger partial charge in [-0.1, -0.05) is 6.07 Å². The first-order valence-corrected chi connectivity index (χ1v) is 8.32. The number of nitrogens with zero attached hydrogens (tertiary/aromatic N) is 1. The van der Waals surface area contributed by atoms with Crippen molar-refractivity contribution < 1.29 is 24.2 Å². The molecule has 2 fully saturated rings. The molecule has 3 unspecified atom stereocenters. The summed E-state index contributed by atoms with van der Waals surface area (Å²) in [6.07, 6.45) is 3.08. The topological polar surface area (TPSA) is 76.1 Å². The fraction of sp³-hybridized carbons (Fsp3) is 0.556. The lowest BCUT2D eigenvalue weighted by molar-refractivity contribution is -0.157. The summed E-state index contributed by atoms with van der Waals surface area (Å²) in [6.45, 7) is 0.681. The van der Waals surface area contributed by atoms with Gasteiger partial charge in [0.05, 0.1) is 32.1 Å². The van der Waals surface area contributed by atoms with E-state index in [2.05, 4.69) is 0 Å². The zero-order chi connectivity index (χ0) is 17.3. The lowest BCUT2D eigenvalue weighted by atomic mass is 9.72. The van der Waals surface area contributed by atoms with Gasteiger partial charge < -0.3 is 19.5 Å². The third kappa shape index (κ3) is 2.81. The molecule has 1 N–H and O–H groups in total. The zero-order valence-electron chi connectivity index (χ0n) is 14.0. The Morgan fingerprint density at radius 3 is 2.38 bits per heavy atom. The predicted molar refractivity (Wildman–Crippen MR) is 87.1 cm³/mol. The highest BCUT2D eigenvalue weighted by Crippen LogP contribution is 2.41. The molecule has 1 saturated carbocycles. The van der Waals surface area contributed by atoms with Crippen molar-refractivity contribution in [3.8, 4) is 11.5 Å². The minimum Gasteiger partial charge on any atom is -0.493 e. The molecule has 1 heterocycles. The lowest BCUT2D eigenvalue weighted by Gasteiger charge is -2.37. The lowest BCUT2D eigenvalue weighted by Crippen LogP contribution is -2.45. The second kappa shape index (κ2) is 6.71. The van der Waals surface area contributed by atoms with E-state index in [9.17, 15) is 14.7 Å². The number of methoxy groups -OCH3 is 2. The third-order valence-corrected chi connectivity index (χ3v) is 5.24. The van der Waals surface area contributed by atoms with Crippen LogP contribution in [0.15, 0.2) is 18.2 Å². The van der Waals surface area contributed by atoms with Gasteiger partial charge in [0.15, 0.2) is 11.5 Å². The molecule has 6 heteroatoms. The summed E-state index contributed by atoms with van der Waals surface area (Å²) in [7, 11) is 3.18. The smallest absolute Gasteiger partial charge is 0.307 e. The summed E-state index contributed by atoms with van der Waals surface area (Å²) in [5, 5.41) is 9.20. The zero-order valence-corrected chi connectivity index (χ0v) is 14.0. The van der Waals surface area contributed by atoms with E-state index in [0.29, 0.717) is 30.9 Å². The van der Waals surface area contributed by atoms with Crippen molar-refractivity contribution in [3.63, 3.8) is 0 Å². The van der Waals surface area contributed by atoms with Crippen LogP contribution in [0, 0.1) is 11.8 Å². The summed E-state index contributed by atoms with van der Waals surface area (Å²) in [4.78, 5) is 25.9. The van der Waals surface area contributed by atoms with Crippen molar-refractivity contribution in [1.82, 2.24) is 4.90 Å². The largest absolute Gasteiger partial charge is 0.493 e. The molecule has 2 aliphatic rings. The number of amides is 1. The Morgan fingerprint density at radius 2 is 1.79 bits per heavy atom. The second-order valence-electron chi connectivity index (χ2n) is 6.43. The number of carboxylic acids is 1. The number of ether oxygens (including phenoxy) is 2. The molecule has 1 amide bonds. The maximum absolute atomic E-state index is 12.8. The summed E-state index contributed by atoms with van der Waals surface area (Å²) < 4.78 is 10.6. The van der Waals surface area contributed by atoms with Crippen LogP contribution in [0.1, 0.15) is 37.3 Å². The van der Waals surface area contributed by atoms with E-state index < -0.39 is 11.9 Å². The molecule has 24 heavy (non-hydrogen) atoms. The van der Waals surface area contributed by atoms with Crippen molar-refractivity contribution in [2.75, 3.05) is 20.8 Å².